The summed E-state index contributed by atoms with van der Waals surface area (Å²) in [5.74, 6) is -0.482. The normalized spacial score (nSPS) is 18.7. The fraction of sp³-hybridized carbons (Fsp3) is 0.481. The van der Waals surface area contributed by atoms with Crippen molar-refractivity contribution in [3.05, 3.63) is 59.3 Å². The van der Waals surface area contributed by atoms with E-state index in [2.05, 4.69) is 11.8 Å². The first-order valence-electron chi connectivity index (χ1n) is 12.5. The van der Waals surface area contributed by atoms with Gasteiger partial charge in [0.1, 0.15) is 0 Å². The minimum absolute atomic E-state index is 0.00280. The first-order chi connectivity index (χ1) is 17.5. The van der Waals surface area contributed by atoms with Crippen LogP contribution < -0.4 is 9.47 Å². The molecule has 9 heteroatoms. The zero-order valence-electron chi connectivity index (χ0n) is 20.9. The van der Waals surface area contributed by atoms with Crippen molar-refractivity contribution in [2.24, 2.45) is 0 Å². The van der Waals surface area contributed by atoms with Crippen LogP contribution in [0.25, 0.3) is 0 Å². The molecule has 0 bridgehead atoms. The van der Waals surface area contributed by atoms with Gasteiger partial charge in [0.25, 0.3) is 5.91 Å². The molecule has 0 unspecified atom stereocenters. The van der Waals surface area contributed by atoms with Gasteiger partial charge in [0.15, 0.2) is 23.0 Å². The molecule has 4 rings (SSSR count). The van der Waals surface area contributed by atoms with Gasteiger partial charge in [-0.15, -0.1) is 0 Å². The van der Waals surface area contributed by atoms with Crippen LogP contribution in [0.5, 0.6) is 11.5 Å². The molecule has 1 fully saturated rings. The average molecular weight is 499 g/mol. The molecule has 1 saturated heterocycles. The molecule has 1 atom stereocenters. The molecule has 194 valence electrons. The van der Waals surface area contributed by atoms with Crippen LogP contribution in [-0.2, 0) is 9.53 Å². The Labute approximate surface area is 211 Å². The summed E-state index contributed by atoms with van der Waals surface area (Å²) < 4.78 is 22.1. The molecule has 36 heavy (non-hydrogen) atoms. The molecule has 0 radical (unpaired) electrons. The number of amides is 1. The van der Waals surface area contributed by atoms with E-state index < -0.39 is 23.5 Å². The molecule has 2 aromatic rings. The van der Waals surface area contributed by atoms with Crippen molar-refractivity contribution in [1.29, 1.82) is 0 Å². The van der Waals surface area contributed by atoms with Gasteiger partial charge in [-0.05, 0) is 42.7 Å². The van der Waals surface area contributed by atoms with Crippen LogP contribution in [0.15, 0.2) is 52.3 Å². The van der Waals surface area contributed by atoms with Crippen molar-refractivity contribution < 1.29 is 33.3 Å². The van der Waals surface area contributed by atoms with Crippen LogP contribution in [-0.4, -0.2) is 79.7 Å². The molecule has 9 nitrogen and oxygen atoms in total. The van der Waals surface area contributed by atoms with E-state index in [-0.39, 0.29) is 11.3 Å². The first-order valence-corrected chi connectivity index (χ1v) is 12.5. The van der Waals surface area contributed by atoms with E-state index in [1.807, 2.05) is 6.07 Å². The average Bonchev–Trinajstić information content (AvgIpc) is 3.53. The van der Waals surface area contributed by atoms with Crippen LogP contribution in [0, 0.1) is 0 Å². The Morgan fingerprint density at radius 1 is 1.14 bits per heavy atom. The summed E-state index contributed by atoms with van der Waals surface area (Å²) in [6.07, 6.45) is 4.00. The molecule has 3 heterocycles. The maximum atomic E-state index is 13.3. The molecule has 1 aromatic carbocycles. The second kappa shape index (κ2) is 12.1. The Morgan fingerprint density at radius 3 is 2.64 bits per heavy atom. The summed E-state index contributed by atoms with van der Waals surface area (Å²) in [4.78, 5) is 30.4. The number of aliphatic hydroxyl groups is 1. The maximum Gasteiger partial charge on any atom is 0.290 e. The van der Waals surface area contributed by atoms with Gasteiger partial charge in [-0.3, -0.25) is 14.5 Å². The van der Waals surface area contributed by atoms with Crippen LogP contribution in [0.2, 0.25) is 0 Å². The Bertz CT molecular complexity index is 1070. The van der Waals surface area contributed by atoms with E-state index in [1.165, 1.54) is 12.3 Å². The molecule has 1 N–H and O–H groups in total. The van der Waals surface area contributed by atoms with E-state index in [1.54, 1.807) is 30.2 Å². The second-order valence-electron chi connectivity index (χ2n) is 8.89. The van der Waals surface area contributed by atoms with E-state index in [0.29, 0.717) is 49.8 Å². The van der Waals surface area contributed by atoms with Crippen molar-refractivity contribution in [3.63, 3.8) is 0 Å². The summed E-state index contributed by atoms with van der Waals surface area (Å²) in [5, 5.41) is 10.8. The summed E-state index contributed by atoms with van der Waals surface area (Å²) in [5.41, 5.74) is 0.649. The topological polar surface area (TPSA) is 102 Å². The number of carbonyl (C=O) groups is 2. The summed E-state index contributed by atoms with van der Waals surface area (Å²) in [7, 11) is 1.55. The van der Waals surface area contributed by atoms with Crippen molar-refractivity contribution in [1.82, 2.24) is 9.80 Å². The fourth-order valence-electron chi connectivity index (χ4n) is 4.59. The molecular formula is C27H34N2O7. The van der Waals surface area contributed by atoms with Crippen LogP contribution in [0.3, 0.4) is 0 Å². The van der Waals surface area contributed by atoms with Gasteiger partial charge >= 0.3 is 0 Å². The number of furan rings is 1. The number of hydrogen-bond acceptors (Lipinski definition) is 8. The van der Waals surface area contributed by atoms with E-state index in [0.717, 1.165) is 32.5 Å². The second-order valence-corrected chi connectivity index (χ2v) is 8.89. The molecule has 0 saturated carbocycles. The monoisotopic (exact) mass is 498 g/mol. The minimum Gasteiger partial charge on any atom is -0.503 e. The lowest BCUT2D eigenvalue weighted by Crippen LogP contribution is -2.39. The third-order valence-electron chi connectivity index (χ3n) is 6.53. The Kier molecular flexibility index (Phi) is 8.66. The molecular weight excluding hydrogens is 464 g/mol. The number of carbonyl (C=O) groups excluding carboxylic acids is 2. The number of hydrogen-bond donors (Lipinski definition) is 1. The van der Waals surface area contributed by atoms with Crippen molar-refractivity contribution in [2.45, 2.75) is 32.2 Å². The van der Waals surface area contributed by atoms with Crippen LogP contribution >= 0.6 is 0 Å². The number of morpholine rings is 1. The molecule has 1 aromatic heterocycles. The number of nitrogens with zero attached hydrogens (tertiary/aromatic N) is 2. The molecule has 0 aliphatic carbocycles. The van der Waals surface area contributed by atoms with Gasteiger partial charge in [0, 0.05) is 26.2 Å². The zero-order valence-corrected chi connectivity index (χ0v) is 20.9. The number of benzene rings is 1. The highest BCUT2D eigenvalue weighted by Crippen LogP contribution is 2.41. The van der Waals surface area contributed by atoms with Gasteiger partial charge in [-0.2, -0.15) is 0 Å². The molecule has 2 aliphatic rings. The number of methoxy groups -OCH3 is 1. The number of Topliss-reactive ketones (excluding diaryl/α,β-unsaturated/α-hetero) is 1. The van der Waals surface area contributed by atoms with Crippen molar-refractivity contribution in [3.8, 4) is 11.5 Å². The third-order valence-corrected chi connectivity index (χ3v) is 6.53. The fourth-order valence-corrected chi connectivity index (χ4v) is 4.59. The van der Waals surface area contributed by atoms with Gasteiger partial charge in [-0.25, -0.2) is 0 Å². The largest absolute Gasteiger partial charge is 0.503 e. The molecule has 0 spiro atoms. The Hall–Kier alpha value is -3.30. The predicted octanol–water partition coefficient (Wildman–Crippen LogP) is 3.77. The number of aliphatic hydroxyl groups excluding tert-OH is 1. The highest BCUT2D eigenvalue weighted by Gasteiger charge is 2.44. The lowest BCUT2D eigenvalue weighted by Gasteiger charge is -2.30. The molecule has 2 aliphatic heterocycles. The Balaban J connectivity index is 1.62. The van der Waals surface area contributed by atoms with Gasteiger partial charge in [0.2, 0.25) is 5.78 Å². The predicted molar refractivity (Wildman–Crippen MR) is 132 cm³/mol. The molecule has 1 amide bonds. The lowest BCUT2D eigenvalue weighted by molar-refractivity contribution is -0.129. The van der Waals surface area contributed by atoms with E-state index in [9.17, 15) is 14.7 Å². The van der Waals surface area contributed by atoms with Crippen molar-refractivity contribution in [2.75, 3.05) is 53.1 Å². The van der Waals surface area contributed by atoms with Crippen molar-refractivity contribution >= 4 is 11.7 Å². The van der Waals surface area contributed by atoms with E-state index >= 15 is 0 Å². The lowest BCUT2D eigenvalue weighted by atomic mass is 9.94. The van der Waals surface area contributed by atoms with Gasteiger partial charge in [0.05, 0.1) is 44.8 Å². The SMILES string of the molecule is CCCCOc1ccc([C@H]2C(C(=O)c3ccco3)=C(O)C(=O)N2CCCN2CCOCC2)cc1OC. The van der Waals surface area contributed by atoms with Crippen LogP contribution in [0.1, 0.15) is 48.3 Å². The highest BCUT2D eigenvalue weighted by molar-refractivity contribution is 6.15. The first kappa shape index (κ1) is 25.8. The number of ether oxygens (including phenoxy) is 3. The summed E-state index contributed by atoms with van der Waals surface area (Å²) >= 11 is 0. The quantitative estimate of drug-likeness (QED) is 0.349. The summed E-state index contributed by atoms with van der Waals surface area (Å²) in [6, 6.07) is 7.70. The van der Waals surface area contributed by atoms with Gasteiger partial charge < -0.3 is 28.6 Å². The zero-order chi connectivity index (χ0) is 25.5. The van der Waals surface area contributed by atoms with Crippen LogP contribution in [0.4, 0.5) is 0 Å². The summed E-state index contributed by atoms with van der Waals surface area (Å²) in [6.45, 7) is 6.89. The van der Waals surface area contributed by atoms with E-state index in [4.69, 9.17) is 18.6 Å². The highest BCUT2D eigenvalue weighted by atomic mass is 16.5. The standard InChI is InChI=1S/C27H34N2O7/c1-3-4-14-35-20-9-8-19(18-22(20)33-2)24-23(25(30)21-7-5-15-36-21)26(31)27(32)29(24)11-6-10-28-12-16-34-17-13-28/h5,7-9,15,18,24,31H,3-4,6,10-14,16-17H2,1-2H3/t24-/m0/s1. The minimum atomic E-state index is -0.779. The maximum absolute atomic E-state index is 13.3. The number of rotatable bonds is 12. The number of ketones is 1. The Morgan fingerprint density at radius 2 is 1.94 bits per heavy atom. The van der Waals surface area contributed by atoms with Gasteiger partial charge in [-0.1, -0.05) is 19.4 Å². The third kappa shape index (κ3) is 5.57. The smallest absolute Gasteiger partial charge is 0.290 e. The number of unbranched alkanes of at least 4 members (excludes halogenated alkanes) is 1.